The average Bonchev–Trinajstić information content (AvgIpc) is 2.13. The van der Waals surface area contributed by atoms with Crippen LogP contribution in [0, 0.1) is 0 Å². The average molecular weight is 264 g/mol. The van der Waals surface area contributed by atoms with Gasteiger partial charge in [0, 0.05) is 19.5 Å². The van der Waals surface area contributed by atoms with Crippen LogP contribution in [0.4, 0.5) is 0 Å². The van der Waals surface area contributed by atoms with Gasteiger partial charge in [0.05, 0.1) is 12.2 Å². The minimum absolute atomic E-state index is 0. The van der Waals surface area contributed by atoms with Gasteiger partial charge >= 0.3 is 5.97 Å². The van der Waals surface area contributed by atoms with Crippen LogP contribution in [0.2, 0.25) is 0 Å². The summed E-state index contributed by atoms with van der Waals surface area (Å²) in [6.07, 6.45) is 0. The summed E-state index contributed by atoms with van der Waals surface area (Å²) in [5.41, 5.74) is -0.0142. The van der Waals surface area contributed by atoms with Crippen molar-refractivity contribution >= 4 is 5.97 Å². The normalized spacial score (nSPS) is 9.13. The molecule has 0 saturated heterocycles. The van der Waals surface area contributed by atoms with Crippen LogP contribution in [0.15, 0.2) is 12.1 Å². The molecule has 0 amide bonds. The van der Waals surface area contributed by atoms with Gasteiger partial charge in [-0.15, -0.1) is 0 Å². The first-order chi connectivity index (χ1) is 6.56. The molecule has 0 bridgehead atoms. The van der Waals surface area contributed by atoms with Gasteiger partial charge in [-0.05, 0) is 19.1 Å². The Bertz CT molecular complexity index is 341. The fraction of sp³-hybridized carbons (Fsp3) is 0.222. The number of aromatic hydroxyl groups is 3. The molecule has 0 saturated carbocycles. The van der Waals surface area contributed by atoms with Crippen molar-refractivity contribution in [2.45, 2.75) is 6.92 Å². The molecule has 0 heterocycles. The van der Waals surface area contributed by atoms with Crippen molar-refractivity contribution < 1.29 is 44.3 Å². The topological polar surface area (TPSA) is 87.0 Å². The Balaban J connectivity index is 0.00000196. The Morgan fingerprint density at radius 1 is 1.27 bits per heavy atom. The van der Waals surface area contributed by atoms with Crippen LogP contribution in [-0.4, -0.2) is 27.9 Å². The molecule has 1 aromatic carbocycles. The number of carbonyl (C=O) groups excluding carboxylic acids is 1. The van der Waals surface area contributed by atoms with Gasteiger partial charge in [0.2, 0.25) is 0 Å². The van der Waals surface area contributed by atoms with Gasteiger partial charge in [-0.25, -0.2) is 4.79 Å². The van der Waals surface area contributed by atoms with E-state index >= 15 is 0 Å². The van der Waals surface area contributed by atoms with E-state index in [2.05, 4.69) is 4.74 Å². The number of ether oxygens (including phenoxy) is 1. The Morgan fingerprint density at radius 3 is 2.13 bits per heavy atom. The summed E-state index contributed by atoms with van der Waals surface area (Å²) in [5.74, 6) is -2.45. The van der Waals surface area contributed by atoms with Crippen LogP contribution >= 0.6 is 0 Å². The second-order valence-corrected chi connectivity index (χ2v) is 2.58. The van der Waals surface area contributed by atoms with Gasteiger partial charge in [-0.2, -0.15) is 0 Å². The van der Waals surface area contributed by atoms with Crippen molar-refractivity contribution in [1.82, 2.24) is 0 Å². The molecule has 3 N–H and O–H groups in total. The van der Waals surface area contributed by atoms with Gasteiger partial charge in [0.15, 0.2) is 17.2 Å². The molecule has 1 aromatic rings. The minimum Gasteiger partial charge on any atom is -0.504 e. The third kappa shape index (κ3) is 3.09. The molecule has 0 atom stereocenters. The van der Waals surface area contributed by atoms with E-state index in [1.54, 1.807) is 6.92 Å². The first-order valence-electron chi connectivity index (χ1n) is 3.98. The smallest absolute Gasteiger partial charge is 0.338 e. The zero-order valence-corrected chi connectivity index (χ0v) is 11.2. The maximum Gasteiger partial charge on any atom is 0.338 e. The molecule has 0 spiro atoms. The third-order valence-electron chi connectivity index (χ3n) is 1.58. The second-order valence-electron chi connectivity index (χ2n) is 2.58. The van der Waals surface area contributed by atoms with Gasteiger partial charge in [-0.1, -0.05) is 0 Å². The van der Waals surface area contributed by atoms with Crippen molar-refractivity contribution in [2.75, 3.05) is 6.61 Å². The van der Waals surface area contributed by atoms with Gasteiger partial charge in [0.1, 0.15) is 0 Å². The number of rotatable bonds is 2. The number of benzene rings is 1. The SMILES string of the molecule is CCOC(=O)c1cc(O)c(O)c(O)c1.[Zn]. The molecule has 15 heavy (non-hydrogen) atoms. The quantitative estimate of drug-likeness (QED) is 0.421. The number of phenolic OH excluding ortho intramolecular Hbond substituents is 3. The molecule has 0 aromatic heterocycles. The molecule has 6 heteroatoms. The summed E-state index contributed by atoms with van der Waals surface area (Å²) in [4.78, 5) is 11.1. The minimum atomic E-state index is -0.668. The van der Waals surface area contributed by atoms with Crippen LogP contribution in [0.3, 0.4) is 0 Å². The fourth-order valence-corrected chi connectivity index (χ4v) is 0.936. The van der Waals surface area contributed by atoms with E-state index in [0.717, 1.165) is 12.1 Å². The van der Waals surface area contributed by atoms with Crippen molar-refractivity contribution in [1.29, 1.82) is 0 Å². The summed E-state index contributed by atoms with van der Waals surface area (Å²) in [6.45, 7) is 1.83. The van der Waals surface area contributed by atoms with Crippen molar-refractivity contribution in [3.8, 4) is 17.2 Å². The molecule has 5 nitrogen and oxygen atoms in total. The van der Waals surface area contributed by atoms with E-state index in [0.29, 0.717) is 0 Å². The molecule has 0 fully saturated rings. The van der Waals surface area contributed by atoms with E-state index < -0.39 is 23.2 Å². The monoisotopic (exact) mass is 262 g/mol. The Kier molecular flexibility index (Phi) is 5.08. The number of hydrogen-bond acceptors (Lipinski definition) is 5. The number of phenols is 3. The number of esters is 1. The summed E-state index contributed by atoms with van der Waals surface area (Å²) >= 11 is 0. The summed E-state index contributed by atoms with van der Waals surface area (Å²) in [6, 6.07) is 2.04. The molecule has 0 aliphatic carbocycles. The van der Waals surface area contributed by atoms with E-state index in [4.69, 9.17) is 15.3 Å². The molecule has 0 aliphatic heterocycles. The van der Waals surface area contributed by atoms with Gasteiger partial charge in [-0.3, -0.25) is 0 Å². The molecule has 78 valence electrons. The molecule has 1 rings (SSSR count). The van der Waals surface area contributed by atoms with Crippen LogP contribution in [-0.2, 0) is 24.2 Å². The Labute approximate surface area is 99.1 Å². The van der Waals surface area contributed by atoms with E-state index in [-0.39, 0.29) is 31.6 Å². The zero-order valence-electron chi connectivity index (χ0n) is 8.23. The maximum absolute atomic E-state index is 11.1. The second kappa shape index (κ2) is 5.56. The summed E-state index contributed by atoms with van der Waals surface area (Å²) in [5, 5.41) is 27.2. The Morgan fingerprint density at radius 2 is 1.73 bits per heavy atom. The predicted molar refractivity (Wildman–Crippen MR) is 47.4 cm³/mol. The predicted octanol–water partition coefficient (Wildman–Crippen LogP) is 0.978. The van der Waals surface area contributed by atoms with Crippen LogP contribution < -0.4 is 0 Å². The number of hydrogen-bond donors (Lipinski definition) is 3. The molecule has 0 radical (unpaired) electrons. The van der Waals surface area contributed by atoms with Crippen LogP contribution in [0.5, 0.6) is 17.2 Å². The summed E-state index contributed by atoms with van der Waals surface area (Å²) in [7, 11) is 0. The van der Waals surface area contributed by atoms with Crippen molar-refractivity contribution in [3.63, 3.8) is 0 Å². The van der Waals surface area contributed by atoms with E-state index in [1.807, 2.05) is 0 Å². The molecular weight excluding hydrogens is 253 g/mol. The Hall–Kier alpha value is -1.29. The molecule has 0 aliphatic rings. The largest absolute Gasteiger partial charge is 0.504 e. The van der Waals surface area contributed by atoms with Crippen LogP contribution in [0.25, 0.3) is 0 Å². The van der Waals surface area contributed by atoms with Crippen molar-refractivity contribution in [3.05, 3.63) is 17.7 Å². The molecule has 0 unspecified atom stereocenters. The fourth-order valence-electron chi connectivity index (χ4n) is 0.936. The van der Waals surface area contributed by atoms with Crippen molar-refractivity contribution in [2.24, 2.45) is 0 Å². The standard InChI is InChI=1S/C9H10O5.Zn/c1-2-14-9(13)5-3-6(10)8(12)7(11)4-5;/h3-4,10-12H,2H2,1H3;. The van der Waals surface area contributed by atoms with Gasteiger partial charge < -0.3 is 20.1 Å². The number of carbonyl (C=O) groups is 1. The van der Waals surface area contributed by atoms with E-state index in [1.165, 1.54) is 0 Å². The third-order valence-corrected chi connectivity index (χ3v) is 1.58. The van der Waals surface area contributed by atoms with E-state index in [9.17, 15) is 4.79 Å². The zero-order chi connectivity index (χ0) is 10.7. The van der Waals surface area contributed by atoms with Crippen LogP contribution in [0.1, 0.15) is 17.3 Å². The maximum atomic E-state index is 11.1. The summed E-state index contributed by atoms with van der Waals surface area (Å²) < 4.78 is 4.63. The first kappa shape index (κ1) is 13.7. The first-order valence-corrected chi connectivity index (χ1v) is 3.98. The van der Waals surface area contributed by atoms with Gasteiger partial charge in [0.25, 0.3) is 0 Å². The molecular formula is C9H10O5Zn.